The zero-order valence-electron chi connectivity index (χ0n) is 54.8. The second-order valence-corrected chi connectivity index (χ2v) is 26.5. The molecule has 24 atom stereocenters. The summed E-state index contributed by atoms with van der Waals surface area (Å²) in [5.41, 5.74) is 1.42. The minimum Gasteiger partial charge on any atom is -0.450 e. The highest BCUT2D eigenvalue weighted by molar-refractivity contribution is 5.89. The number of benzene rings is 3. The maximum absolute atomic E-state index is 14.7. The summed E-state index contributed by atoms with van der Waals surface area (Å²) in [7, 11) is 0. The normalized spacial score (nSPS) is 34.7. The van der Waals surface area contributed by atoms with Gasteiger partial charge in [-0.25, -0.2) is 22.9 Å². The lowest BCUT2D eigenvalue weighted by atomic mass is 9.75. The number of halogens is 2. The van der Waals surface area contributed by atoms with Crippen molar-refractivity contribution in [2.24, 2.45) is 17.8 Å². The predicted octanol–water partition coefficient (Wildman–Crippen LogP) is 2.48. The van der Waals surface area contributed by atoms with E-state index < -0.39 is 176 Å². The lowest BCUT2D eigenvalue weighted by Crippen LogP contribution is -2.64. The van der Waals surface area contributed by atoms with E-state index in [4.69, 9.17) is 37.9 Å². The molecule has 6 fully saturated rings. The van der Waals surface area contributed by atoms with Gasteiger partial charge in [0.05, 0.1) is 61.1 Å². The molecule has 30 heteroatoms. The predicted molar refractivity (Wildman–Crippen MR) is 337 cm³/mol. The van der Waals surface area contributed by atoms with Crippen LogP contribution in [0.5, 0.6) is 0 Å². The third-order valence-electron chi connectivity index (χ3n) is 19.7. The van der Waals surface area contributed by atoms with Crippen LogP contribution in [-0.4, -0.2) is 242 Å². The Morgan fingerprint density at radius 2 is 1.30 bits per heavy atom. The highest BCUT2D eigenvalue weighted by Crippen LogP contribution is 2.42. The fourth-order valence-corrected chi connectivity index (χ4v) is 14.1. The van der Waals surface area contributed by atoms with Crippen LogP contribution >= 0.6 is 0 Å². The van der Waals surface area contributed by atoms with Crippen LogP contribution in [0.1, 0.15) is 114 Å². The van der Waals surface area contributed by atoms with Gasteiger partial charge in [0.25, 0.3) is 5.91 Å². The number of ether oxygens (including phenoxy) is 8. The number of amides is 2. The molecule has 28 nitrogen and oxygen atoms in total. The highest BCUT2D eigenvalue weighted by Gasteiger charge is 2.55. The van der Waals surface area contributed by atoms with Crippen LogP contribution in [0.2, 0.25) is 0 Å². The van der Waals surface area contributed by atoms with E-state index in [2.05, 4.69) is 25.9 Å². The summed E-state index contributed by atoms with van der Waals surface area (Å²) in [6, 6.07) is 17.1. The minimum absolute atomic E-state index is 0.0162. The lowest BCUT2D eigenvalue weighted by molar-refractivity contribution is -0.349. The van der Waals surface area contributed by atoms with Gasteiger partial charge in [-0.15, -0.1) is 10.2 Å². The number of aliphatic hydroxyl groups is 8. The Hall–Kier alpha value is -6.72. The molecule has 9 N–H and O–H groups in total. The molecule has 0 bridgehead atoms. The molecule has 10 unspecified atom stereocenters. The van der Waals surface area contributed by atoms with Gasteiger partial charge in [0.15, 0.2) is 25.0 Å². The number of likely N-dealkylation sites (tertiary alicyclic amines) is 1. The van der Waals surface area contributed by atoms with Crippen molar-refractivity contribution in [2.75, 3.05) is 26.2 Å². The van der Waals surface area contributed by atoms with Crippen LogP contribution in [0.4, 0.5) is 8.78 Å². The van der Waals surface area contributed by atoms with Crippen LogP contribution in [0.3, 0.4) is 0 Å². The first-order chi connectivity index (χ1) is 47.1. The number of hydrogen-bond donors (Lipinski definition) is 9. The third-order valence-corrected chi connectivity index (χ3v) is 19.7. The molecule has 0 spiro atoms. The van der Waals surface area contributed by atoms with Gasteiger partial charge in [-0.1, -0.05) is 80.1 Å². The molecule has 5 aromatic rings. The van der Waals surface area contributed by atoms with Crippen molar-refractivity contribution in [3.05, 3.63) is 108 Å². The second kappa shape index (κ2) is 32.3. The molecule has 11 rings (SSSR count). The topological polar surface area (TPSA) is 381 Å². The Bertz CT molecular complexity index is 3480. The third kappa shape index (κ3) is 16.2. The Morgan fingerprint density at radius 3 is 1.94 bits per heavy atom. The molecule has 0 radical (unpaired) electrons. The molecule has 2 aromatic heterocycles. The molecule has 534 valence electrons. The van der Waals surface area contributed by atoms with Crippen LogP contribution < -0.4 is 5.32 Å². The van der Waals surface area contributed by atoms with Gasteiger partial charge in [0.2, 0.25) is 5.91 Å². The number of ketones is 1. The van der Waals surface area contributed by atoms with Crippen LogP contribution in [0, 0.1) is 29.4 Å². The molecular formula is C68H88F2N8O20. The van der Waals surface area contributed by atoms with E-state index in [0.29, 0.717) is 30.6 Å². The molecule has 3 aromatic carbocycles. The SMILES string of the molecule is CCC[C@H](OC1C(OC(=O)c2ccccc2)[C@H](O[C@@H]2CC(C(=O)CCCNC(=O)[C@H]3CC(n4cc(-c5cccc(F)c5)nn4)C(O)[C@H](O[C@@H]4OC(CC)[C@H](O)C(n5cc(-c6cccc(F)c6)nn5)[C@H]4O)C3)CC(C)[C@H]2O[C@@H]2OC(C)[C@@H](O)[C@H](O)C2O)O[C@@H](CO)[C@@H]1O)C(=O)N1CCC1. The first-order valence-corrected chi connectivity index (χ1v) is 33.8. The van der Waals surface area contributed by atoms with Crippen molar-refractivity contribution < 1.29 is 107 Å². The summed E-state index contributed by atoms with van der Waals surface area (Å²) >= 11 is 0. The number of nitrogens with zero attached hydrogens (tertiary/aromatic N) is 7. The van der Waals surface area contributed by atoms with E-state index in [1.165, 1.54) is 77.2 Å². The number of rotatable bonds is 25. The number of carbonyl (C=O) groups is 4. The average Bonchev–Trinajstić information content (AvgIpc) is 0.832. The number of carbonyl (C=O) groups excluding carboxylic acids is 4. The Balaban J connectivity index is 0.809. The Morgan fingerprint density at radius 1 is 0.653 bits per heavy atom. The molecule has 6 aliphatic rings. The maximum Gasteiger partial charge on any atom is 0.338 e. The van der Waals surface area contributed by atoms with Gasteiger partial charge in [0, 0.05) is 49.0 Å². The molecule has 2 aliphatic carbocycles. The van der Waals surface area contributed by atoms with Crippen LogP contribution in [-0.2, 0) is 52.3 Å². The average molecular weight is 1380 g/mol. The summed E-state index contributed by atoms with van der Waals surface area (Å²) in [4.78, 5) is 58.8. The minimum atomic E-state index is -1.75. The van der Waals surface area contributed by atoms with E-state index in [-0.39, 0.29) is 86.6 Å². The number of aromatic nitrogens is 6. The quantitative estimate of drug-likeness (QED) is 0.0299. The van der Waals surface area contributed by atoms with Crippen molar-refractivity contribution in [1.29, 1.82) is 0 Å². The number of aliphatic hydroxyl groups excluding tert-OH is 8. The van der Waals surface area contributed by atoms with Gasteiger partial charge in [0.1, 0.15) is 95.9 Å². The summed E-state index contributed by atoms with van der Waals surface area (Å²) in [6.45, 7) is 7.05. The van der Waals surface area contributed by atoms with E-state index in [0.717, 1.165) is 6.42 Å². The van der Waals surface area contributed by atoms with Crippen molar-refractivity contribution in [1.82, 2.24) is 40.2 Å². The number of Topliss-reactive ketones (excluding diaryl/α,β-unsaturated/α-hetero) is 1. The highest BCUT2D eigenvalue weighted by atomic mass is 19.1. The zero-order chi connectivity index (χ0) is 69.6. The van der Waals surface area contributed by atoms with Crippen LogP contribution in [0.15, 0.2) is 91.3 Å². The van der Waals surface area contributed by atoms with E-state index in [1.807, 2.05) is 6.92 Å². The molecule has 4 saturated heterocycles. The molecule has 4 aliphatic heterocycles. The maximum atomic E-state index is 14.7. The van der Waals surface area contributed by atoms with Crippen LogP contribution in [0.25, 0.3) is 22.5 Å². The van der Waals surface area contributed by atoms with Crippen molar-refractivity contribution in [2.45, 2.75) is 221 Å². The van der Waals surface area contributed by atoms with Crippen molar-refractivity contribution in [3.63, 3.8) is 0 Å². The van der Waals surface area contributed by atoms with Gasteiger partial charge in [-0.2, -0.15) is 0 Å². The van der Waals surface area contributed by atoms with E-state index in [9.17, 15) is 68.8 Å². The first-order valence-electron chi connectivity index (χ1n) is 33.8. The summed E-state index contributed by atoms with van der Waals surface area (Å²) in [5.74, 6) is -5.28. The fraction of sp³-hybridized carbons (Fsp3) is 0.618. The number of nitrogens with one attached hydrogen (secondary N) is 1. The summed E-state index contributed by atoms with van der Waals surface area (Å²) in [6.07, 6.45) is -22.2. The number of hydrogen-bond acceptors (Lipinski definition) is 24. The molecular weight excluding hydrogens is 1290 g/mol. The fourth-order valence-electron chi connectivity index (χ4n) is 14.1. The van der Waals surface area contributed by atoms with Gasteiger partial charge in [-0.05, 0) is 101 Å². The van der Waals surface area contributed by atoms with Gasteiger partial charge < -0.3 is 89.0 Å². The van der Waals surface area contributed by atoms with Gasteiger partial charge >= 0.3 is 5.97 Å². The molecule has 2 amide bonds. The van der Waals surface area contributed by atoms with Crippen molar-refractivity contribution >= 4 is 23.6 Å². The standard InChI is InChI=1S/C68H88F2N8O20/c1-5-14-48(64(89)76-23-13-24-76)92-61-56(84)51(33-79)96-68(62(61)97-65(90)36-15-8-7-9-16-36)95-50-29-39(25-34(3)60(50)98-67-59(87)58(86)53(81)35(4)91-67)46(80)21-12-22-71-63(88)40-28-45(77-31-43(72-74-77)37-17-10-19-41(69)26-37)54(82)49(30-40)94-66-57(85)52(55(83)47(6-2)93-66)78-32-44(73-75-78)38-18-11-20-42(70)27-38/h7-11,15-20,26-27,31-32,34-35,39-40,45,47-62,66-68,79,81-87H,5-6,12-14,21-25,28-30,33H2,1-4H3,(H,71,88)/t34?,35?,39?,40-,45?,47?,48-,49+,50+,51-,52?,53+,54?,55-,56-,57+,58-,59?,60+,61?,62?,66-,67-,68+/m0/s1. The second-order valence-electron chi connectivity index (χ2n) is 26.5. The lowest BCUT2D eigenvalue weighted by Gasteiger charge is -2.48. The first kappa shape index (κ1) is 72.5. The monoisotopic (exact) mass is 1370 g/mol. The molecule has 2 saturated carbocycles. The Kier molecular flexibility index (Phi) is 23.9. The number of esters is 1. The smallest absolute Gasteiger partial charge is 0.338 e. The zero-order valence-corrected chi connectivity index (χ0v) is 54.8. The van der Waals surface area contributed by atoms with Gasteiger partial charge in [-0.3, -0.25) is 14.4 Å². The van der Waals surface area contributed by atoms with Crippen molar-refractivity contribution in [3.8, 4) is 22.5 Å². The summed E-state index contributed by atoms with van der Waals surface area (Å²) < 4.78 is 82.1. The summed E-state index contributed by atoms with van der Waals surface area (Å²) in [5, 5.41) is 111. The van der Waals surface area contributed by atoms with E-state index >= 15 is 0 Å². The largest absolute Gasteiger partial charge is 0.450 e. The Labute approximate surface area is 564 Å². The molecule has 98 heavy (non-hydrogen) atoms. The molecule has 6 heterocycles. The van der Waals surface area contributed by atoms with E-state index in [1.54, 1.807) is 49.1 Å².